The second kappa shape index (κ2) is 16.3. The van der Waals surface area contributed by atoms with E-state index in [9.17, 15) is 0 Å². The molecule has 1 fully saturated rings. The average molecular weight is 441 g/mol. The second-order valence-corrected chi connectivity index (χ2v) is 10.8. The molecule has 1 saturated heterocycles. The fourth-order valence-electron chi connectivity index (χ4n) is 3.84. The smallest absolute Gasteiger partial charge is 0.0547 e. The molecule has 32 heavy (non-hydrogen) atoms. The van der Waals surface area contributed by atoms with Crippen molar-refractivity contribution in [3.63, 3.8) is 0 Å². The van der Waals surface area contributed by atoms with Gasteiger partial charge in [0.25, 0.3) is 0 Å². The lowest BCUT2D eigenvalue weighted by molar-refractivity contribution is 0.000267. The van der Waals surface area contributed by atoms with E-state index in [0.717, 1.165) is 24.4 Å². The van der Waals surface area contributed by atoms with E-state index in [2.05, 4.69) is 91.8 Å². The summed E-state index contributed by atoms with van der Waals surface area (Å²) < 4.78 is 5.39. The van der Waals surface area contributed by atoms with Gasteiger partial charge in [0, 0.05) is 6.61 Å². The normalized spacial score (nSPS) is 27.1. The minimum Gasteiger partial charge on any atom is -0.378 e. The van der Waals surface area contributed by atoms with Crippen LogP contribution in [0, 0.1) is 31.6 Å². The Labute approximate surface area is 200 Å². The predicted octanol–water partition coefficient (Wildman–Crippen LogP) is 9.63. The molecule has 0 aromatic heterocycles. The predicted molar refractivity (Wildman–Crippen MR) is 143 cm³/mol. The third-order valence-corrected chi connectivity index (χ3v) is 6.75. The van der Waals surface area contributed by atoms with E-state index in [1.165, 1.54) is 62.5 Å². The van der Waals surface area contributed by atoms with E-state index in [-0.39, 0.29) is 0 Å². The zero-order chi connectivity index (χ0) is 23.9. The van der Waals surface area contributed by atoms with E-state index in [1.54, 1.807) is 11.1 Å². The van der Waals surface area contributed by atoms with Crippen LogP contribution in [-0.2, 0) is 4.74 Å². The molecular weight excluding hydrogens is 388 g/mol. The van der Waals surface area contributed by atoms with Gasteiger partial charge in [-0.3, -0.25) is 0 Å². The van der Waals surface area contributed by atoms with Crippen molar-refractivity contribution in [2.24, 2.45) is 17.8 Å². The van der Waals surface area contributed by atoms with Crippen molar-refractivity contribution >= 4 is 0 Å². The van der Waals surface area contributed by atoms with Gasteiger partial charge in [-0.1, -0.05) is 79.5 Å². The standard InChI is InChI=1S/2C8H14.C8H10.C7H14O/c3*1-7-3-5-8(2)6-4-7;1-6-3-4-7(2)8-5-6/h2*3,8H,4-6H2,1-2H3;3-6H,1-2H3;6-7H,3-5H2,1-2H3. The minimum absolute atomic E-state index is 0.520. The van der Waals surface area contributed by atoms with Crippen LogP contribution in [0.1, 0.15) is 104 Å². The number of hydrogen-bond acceptors (Lipinski definition) is 1. The van der Waals surface area contributed by atoms with Gasteiger partial charge in [0.2, 0.25) is 0 Å². The van der Waals surface area contributed by atoms with Gasteiger partial charge in [0.05, 0.1) is 6.10 Å². The Hall–Kier alpha value is -1.34. The summed E-state index contributed by atoms with van der Waals surface area (Å²) >= 11 is 0. The highest BCUT2D eigenvalue weighted by Gasteiger charge is 2.13. The quantitative estimate of drug-likeness (QED) is 0.365. The maximum absolute atomic E-state index is 5.39. The first-order chi connectivity index (χ1) is 15.2. The van der Waals surface area contributed by atoms with Gasteiger partial charge in [-0.15, -0.1) is 0 Å². The first-order valence-corrected chi connectivity index (χ1v) is 13.1. The number of benzene rings is 1. The number of aryl methyl sites for hydroxylation is 2. The zero-order valence-corrected chi connectivity index (χ0v) is 22.5. The summed E-state index contributed by atoms with van der Waals surface area (Å²) in [6, 6.07) is 8.48. The molecule has 1 heterocycles. The van der Waals surface area contributed by atoms with Gasteiger partial charge >= 0.3 is 0 Å². The zero-order valence-electron chi connectivity index (χ0n) is 22.5. The Morgan fingerprint density at radius 2 is 1.03 bits per heavy atom. The topological polar surface area (TPSA) is 9.23 Å². The van der Waals surface area contributed by atoms with Crippen molar-refractivity contribution in [1.29, 1.82) is 0 Å². The Balaban J connectivity index is 0.000000213. The SMILES string of the molecule is CC1=CCC(C)CC1.CC1=CCC(C)CC1.CC1CCC(C)OC1.Cc1ccc(C)cc1. The summed E-state index contributed by atoms with van der Waals surface area (Å²) in [5.74, 6) is 2.68. The van der Waals surface area contributed by atoms with Crippen LogP contribution < -0.4 is 0 Å². The summed E-state index contributed by atoms with van der Waals surface area (Å²) in [4.78, 5) is 0. The van der Waals surface area contributed by atoms with Gasteiger partial charge < -0.3 is 4.74 Å². The van der Waals surface area contributed by atoms with Crippen molar-refractivity contribution < 1.29 is 4.74 Å². The second-order valence-electron chi connectivity index (χ2n) is 10.8. The molecule has 0 bridgehead atoms. The molecule has 1 aliphatic heterocycles. The van der Waals surface area contributed by atoms with Gasteiger partial charge in [0.1, 0.15) is 0 Å². The molecular formula is C31H52O. The van der Waals surface area contributed by atoms with Crippen molar-refractivity contribution in [1.82, 2.24) is 0 Å². The Morgan fingerprint density at radius 3 is 1.28 bits per heavy atom. The van der Waals surface area contributed by atoms with Crippen LogP contribution in [0.3, 0.4) is 0 Å². The van der Waals surface area contributed by atoms with Crippen LogP contribution in [-0.4, -0.2) is 12.7 Å². The molecule has 0 amide bonds. The van der Waals surface area contributed by atoms with Crippen LogP contribution in [0.25, 0.3) is 0 Å². The van der Waals surface area contributed by atoms with Crippen LogP contribution in [0.15, 0.2) is 47.6 Å². The summed E-state index contributed by atoms with van der Waals surface area (Å²) in [7, 11) is 0. The fourth-order valence-corrected chi connectivity index (χ4v) is 3.84. The monoisotopic (exact) mass is 440 g/mol. The molecule has 1 aromatic rings. The highest BCUT2D eigenvalue weighted by Crippen LogP contribution is 2.22. The number of allylic oxidation sites excluding steroid dienone is 4. The van der Waals surface area contributed by atoms with Crippen LogP contribution in [0.4, 0.5) is 0 Å². The van der Waals surface area contributed by atoms with Gasteiger partial charge in [-0.05, 0) is 104 Å². The van der Waals surface area contributed by atoms with Gasteiger partial charge in [0.15, 0.2) is 0 Å². The largest absolute Gasteiger partial charge is 0.378 e. The number of hydrogen-bond donors (Lipinski definition) is 0. The molecule has 3 aliphatic rings. The molecule has 4 rings (SSSR count). The van der Waals surface area contributed by atoms with Crippen LogP contribution in [0.2, 0.25) is 0 Å². The van der Waals surface area contributed by atoms with Crippen molar-refractivity contribution in [2.45, 2.75) is 113 Å². The maximum Gasteiger partial charge on any atom is 0.0547 e. The van der Waals surface area contributed by atoms with E-state index in [4.69, 9.17) is 4.74 Å². The molecule has 182 valence electrons. The Morgan fingerprint density at radius 1 is 0.594 bits per heavy atom. The fraction of sp³-hybridized carbons (Fsp3) is 0.677. The van der Waals surface area contributed by atoms with Crippen LogP contribution in [0.5, 0.6) is 0 Å². The lowest BCUT2D eigenvalue weighted by Crippen LogP contribution is -2.21. The number of rotatable bonds is 0. The van der Waals surface area contributed by atoms with Crippen LogP contribution >= 0.6 is 0 Å². The molecule has 0 radical (unpaired) electrons. The molecule has 0 spiro atoms. The van der Waals surface area contributed by atoms with Crippen molar-refractivity contribution in [3.05, 3.63) is 58.7 Å². The molecule has 1 heteroatoms. The molecule has 4 unspecified atom stereocenters. The highest BCUT2D eigenvalue weighted by atomic mass is 16.5. The van der Waals surface area contributed by atoms with Crippen molar-refractivity contribution in [2.75, 3.05) is 6.61 Å². The molecule has 2 aliphatic carbocycles. The summed E-state index contributed by atoms with van der Waals surface area (Å²) in [5.41, 5.74) is 5.83. The molecule has 4 atom stereocenters. The van der Waals surface area contributed by atoms with Crippen molar-refractivity contribution in [3.8, 4) is 0 Å². The summed E-state index contributed by atoms with van der Waals surface area (Å²) in [5, 5.41) is 0. The highest BCUT2D eigenvalue weighted by molar-refractivity contribution is 5.19. The first-order valence-electron chi connectivity index (χ1n) is 13.1. The summed E-state index contributed by atoms with van der Waals surface area (Å²) in [6.07, 6.45) is 16.0. The minimum atomic E-state index is 0.520. The third kappa shape index (κ3) is 14.7. The molecule has 1 nitrogen and oxygen atoms in total. The Kier molecular flexibility index (Phi) is 14.6. The lowest BCUT2D eigenvalue weighted by Gasteiger charge is -2.23. The molecule has 0 N–H and O–H groups in total. The molecule has 0 saturated carbocycles. The van der Waals surface area contributed by atoms with E-state index in [1.807, 2.05) is 0 Å². The first kappa shape index (κ1) is 28.7. The van der Waals surface area contributed by atoms with E-state index >= 15 is 0 Å². The summed E-state index contributed by atoms with van der Waals surface area (Å²) in [6.45, 7) is 18.7. The third-order valence-electron chi connectivity index (χ3n) is 6.75. The van der Waals surface area contributed by atoms with E-state index in [0.29, 0.717) is 6.10 Å². The van der Waals surface area contributed by atoms with Gasteiger partial charge in [-0.2, -0.15) is 0 Å². The van der Waals surface area contributed by atoms with E-state index < -0.39 is 0 Å². The average Bonchev–Trinajstić information content (AvgIpc) is 2.78. The lowest BCUT2D eigenvalue weighted by atomic mass is 9.92. The maximum atomic E-state index is 5.39. The Bertz CT molecular complexity index is 599. The molecule has 1 aromatic carbocycles. The van der Waals surface area contributed by atoms with Gasteiger partial charge in [-0.25, -0.2) is 0 Å². The number of ether oxygens (including phenoxy) is 1.